The molecule has 0 saturated carbocycles. The van der Waals surface area contributed by atoms with E-state index in [0.717, 1.165) is 17.7 Å². The van der Waals surface area contributed by atoms with Crippen LogP contribution in [0.1, 0.15) is 51.4 Å². The first kappa shape index (κ1) is 25.7. The molecule has 0 radical (unpaired) electrons. The first-order valence-corrected chi connectivity index (χ1v) is 12.5. The highest BCUT2D eigenvalue weighted by atomic mass is 35.5. The molecular weight excluding hydrogens is 516 g/mol. The third kappa shape index (κ3) is 4.69. The maximum Gasteiger partial charge on any atom is 0.275 e. The van der Waals surface area contributed by atoms with E-state index < -0.39 is 28.0 Å². The molecule has 0 saturated heterocycles. The molecule has 3 aromatic rings. The SMILES string of the molecule is CC1C=CCC2CN1C(=O)c1c(OCc3ccccc3)c(=O)c(C(=O)NCc3ccc(F)c(Cl)c3F)cn12. The van der Waals surface area contributed by atoms with Crippen LogP contribution in [-0.2, 0) is 13.2 Å². The normalized spacial score (nSPS) is 18.1. The quantitative estimate of drug-likeness (QED) is 0.366. The van der Waals surface area contributed by atoms with E-state index in [-0.39, 0.29) is 53.7 Å². The first-order chi connectivity index (χ1) is 18.3. The van der Waals surface area contributed by atoms with Gasteiger partial charge in [-0.25, -0.2) is 8.78 Å². The molecule has 2 aromatic carbocycles. The van der Waals surface area contributed by atoms with Gasteiger partial charge in [0.2, 0.25) is 5.43 Å². The van der Waals surface area contributed by atoms with Crippen molar-refractivity contribution in [3.63, 3.8) is 0 Å². The highest BCUT2D eigenvalue weighted by molar-refractivity contribution is 6.30. The van der Waals surface area contributed by atoms with Crippen molar-refractivity contribution in [2.24, 2.45) is 0 Å². The maximum absolute atomic E-state index is 14.3. The van der Waals surface area contributed by atoms with Gasteiger partial charge in [0.25, 0.3) is 11.8 Å². The molecule has 7 nitrogen and oxygen atoms in total. The number of nitrogens with one attached hydrogen (secondary N) is 1. The lowest BCUT2D eigenvalue weighted by atomic mass is 10.1. The zero-order valence-electron chi connectivity index (χ0n) is 20.4. The summed E-state index contributed by atoms with van der Waals surface area (Å²) in [6.07, 6.45) is 5.85. The summed E-state index contributed by atoms with van der Waals surface area (Å²) in [4.78, 5) is 42.0. The molecule has 10 heteroatoms. The Morgan fingerprint density at radius 2 is 1.92 bits per heavy atom. The molecule has 38 heavy (non-hydrogen) atoms. The molecule has 2 unspecified atom stereocenters. The summed E-state index contributed by atoms with van der Waals surface area (Å²) >= 11 is 5.64. The third-order valence-corrected chi connectivity index (χ3v) is 7.14. The van der Waals surface area contributed by atoms with Crippen molar-refractivity contribution in [2.45, 2.75) is 38.6 Å². The summed E-state index contributed by atoms with van der Waals surface area (Å²) < 4.78 is 35.4. The van der Waals surface area contributed by atoms with Crippen LogP contribution < -0.4 is 15.5 Å². The van der Waals surface area contributed by atoms with E-state index in [1.54, 1.807) is 9.47 Å². The molecule has 2 amide bonds. The van der Waals surface area contributed by atoms with Crippen LogP contribution in [0.25, 0.3) is 0 Å². The summed E-state index contributed by atoms with van der Waals surface area (Å²) in [5, 5.41) is 1.82. The second-order valence-electron chi connectivity index (χ2n) is 9.26. The summed E-state index contributed by atoms with van der Waals surface area (Å²) in [5.41, 5.74) is -0.188. The molecular formula is C28H24ClF2N3O4. The van der Waals surface area contributed by atoms with Crippen LogP contribution in [0.3, 0.4) is 0 Å². The van der Waals surface area contributed by atoms with E-state index in [9.17, 15) is 23.2 Å². The van der Waals surface area contributed by atoms with Crippen LogP contribution in [0, 0.1) is 11.6 Å². The molecule has 5 rings (SSSR count). The van der Waals surface area contributed by atoms with E-state index in [4.69, 9.17) is 16.3 Å². The average Bonchev–Trinajstić information content (AvgIpc) is 3.09. The fourth-order valence-electron chi connectivity index (χ4n) is 4.71. The molecule has 2 aliphatic rings. The molecule has 0 fully saturated rings. The van der Waals surface area contributed by atoms with Gasteiger partial charge in [0.1, 0.15) is 28.8 Å². The lowest BCUT2D eigenvalue weighted by Crippen LogP contribution is -2.47. The number of pyridine rings is 1. The van der Waals surface area contributed by atoms with Crippen molar-refractivity contribution in [3.05, 3.63) is 110 Å². The van der Waals surface area contributed by atoms with Gasteiger partial charge in [0, 0.05) is 30.9 Å². The number of aromatic nitrogens is 1. The van der Waals surface area contributed by atoms with E-state index in [0.29, 0.717) is 13.0 Å². The summed E-state index contributed by atoms with van der Waals surface area (Å²) in [5.74, 6) is -3.28. The summed E-state index contributed by atoms with van der Waals surface area (Å²) in [6, 6.07) is 10.9. The van der Waals surface area contributed by atoms with Crippen LogP contribution in [-0.4, -0.2) is 33.9 Å². The van der Waals surface area contributed by atoms with Gasteiger partial charge in [-0.3, -0.25) is 14.4 Å². The zero-order chi connectivity index (χ0) is 27.0. The Bertz CT molecular complexity index is 1510. The van der Waals surface area contributed by atoms with Crippen LogP contribution in [0.5, 0.6) is 5.75 Å². The van der Waals surface area contributed by atoms with Crippen LogP contribution in [0.4, 0.5) is 8.78 Å². The lowest BCUT2D eigenvalue weighted by molar-refractivity contribution is 0.0626. The second kappa shape index (κ2) is 10.4. The highest BCUT2D eigenvalue weighted by Crippen LogP contribution is 2.32. The molecule has 2 atom stereocenters. The van der Waals surface area contributed by atoms with E-state index in [2.05, 4.69) is 5.32 Å². The van der Waals surface area contributed by atoms with Crippen LogP contribution in [0.15, 0.2) is 65.6 Å². The predicted molar refractivity (Wildman–Crippen MR) is 137 cm³/mol. The first-order valence-electron chi connectivity index (χ1n) is 12.1. The maximum atomic E-state index is 14.3. The highest BCUT2D eigenvalue weighted by Gasteiger charge is 2.38. The number of carbonyl (C=O) groups excluding carboxylic acids is 2. The van der Waals surface area contributed by atoms with E-state index in [1.807, 2.05) is 49.4 Å². The molecule has 1 N–H and O–H groups in total. The number of benzene rings is 2. The van der Waals surface area contributed by atoms with E-state index >= 15 is 0 Å². The Morgan fingerprint density at radius 3 is 2.68 bits per heavy atom. The van der Waals surface area contributed by atoms with Crippen LogP contribution >= 0.6 is 11.6 Å². The molecule has 196 valence electrons. The lowest BCUT2D eigenvalue weighted by Gasteiger charge is -2.37. The number of allylic oxidation sites excluding steroid dienone is 1. The smallest absolute Gasteiger partial charge is 0.275 e. The molecule has 2 aliphatic heterocycles. The number of carbonyl (C=O) groups is 2. The molecule has 2 bridgehead atoms. The Kier molecular flexibility index (Phi) is 7.03. The number of nitrogens with zero attached hydrogens (tertiary/aromatic N) is 2. The topological polar surface area (TPSA) is 80.6 Å². The number of halogens is 3. The summed E-state index contributed by atoms with van der Waals surface area (Å²) in [6.45, 7) is 1.99. The van der Waals surface area contributed by atoms with Gasteiger partial charge in [0.05, 0.1) is 6.04 Å². The number of fused-ring (bicyclic) bond motifs is 4. The monoisotopic (exact) mass is 539 g/mol. The zero-order valence-corrected chi connectivity index (χ0v) is 21.2. The van der Waals surface area contributed by atoms with Crippen molar-refractivity contribution >= 4 is 23.4 Å². The van der Waals surface area contributed by atoms with Gasteiger partial charge in [-0.05, 0) is 25.0 Å². The van der Waals surface area contributed by atoms with Crippen molar-refractivity contribution in [1.29, 1.82) is 0 Å². The minimum absolute atomic E-state index is 0.0131. The number of amides is 2. The fourth-order valence-corrected chi connectivity index (χ4v) is 4.90. The Labute approximate surface area is 222 Å². The number of hydrogen-bond acceptors (Lipinski definition) is 4. The second-order valence-corrected chi connectivity index (χ2v) is 9.64. The van der Waals surface area contributed by atoms with Gasteiger partial charge in [-0.15, -0.1) is 0 Å². The Hall–Kier alpha value is -3.98. The Balaban J connectivity index is 1.53. The Morgan fingerprint density at radius 1 is 1.16 bits per heavy atom. The number of rotatable bonds is 6. The predicted octanol–water partition coefficient (Wildman–Crippen LogP) is 4.63. The molecule has 1 aromatic heterocycles. The fraction of sp³-hybridized carbons (Fsp3) is 0.250. The minimum Gasteiger partial charge on any atom is -0.483 e. The molecule has 0 spiro atoms. The largest absolute Gasteiger partial charge is 0.483 e. The number of ether oxygens (including phenoxy) is 1. The van der Waals surface area contributed by atoms with Gasteiger partial charge >= 0.3 is 0 Å². The standard InChI is InChI=1S/C28H24ClF2N3O4/c1-16-6-5-9-19-13-33(16)28(37)24-26(38-15-17-7-3-2-4-8-17)25(35)20(14-34(19)24)27(36)32-12-18-10-11-21(30)22(29)23(18)31/h2-8,10-11,14,16,19H,9,12-13,15H2,1H3,(H,32,36). The number of hydrogen-bond donors (Lipinski definition) is 1. The van der Waals surface area contributed by atoms with Crippen molar-refractivity contribution in [2.75, 3.05) is 6.54 Å². The van der Waals surface area contributed by atoms with Crippen LogP contribution in [0.2, 0.25) is 5.02 Å². The van der Waals surface area contributed by atoms with Crippen molar-refractivity contribution in [1.82, 2.24) is 14.8 Å². The van der Waals surface area contributed by atoms with Gasteiger partial charge in [0.15, 0.2) is 11.4 Å². The summed E-state index contributed by atoms with van der Waals surface area (Å²) in [7, 11) is 0. The van der Waals surface area contributed by atoms with Gasteiger partial charge < -0.3 is 19.5 Å². The van der Waals surface area contributed by atoms with E-state index in [1.165, 1.54) is 6.20 Å². The third-order valence-electron chi connectivity index (χ3n) is 6.80. The average molecular weight is 540 g/mol. The minimum atomic E-state index is -0.994. The van der Waals surface area contributed by atoms with Gasteiger partial charge in [-0.2, -0.15) is 0 Å². The van der Waals surface area contributed by atoms with Crippen molar-refractivity contribution < 1.29 is 23.1 Å². The molecule has 0 aliphatic carbocycles. The van der Waals surface area contributed by atoms with Gasteiger partial charge in [-0.1, -0.05) is 60.2 Å². The molecule has 3 heterocycles. The van der Waals surface area contributed by atoms with Crippen molar-refractivity contribution in [3.8, 4) is 5.75 Å².